The summed E-state index contributed by atoms with van der Waals surface area (Å²) >= 11 is 12.3. The fourth-order valence-corrected chi connectivity index (χ4v) is 1.97. The van der Waals surface area contributed by atoms with Gasteiger partial charge in [0.15, 0.2) is 0 Å². The zero-order valence-electron chi connectivity index (χ0n) is 8.61. The molecule has 1 heterocycles. The van der Waals surface area contributed by atoms with E-state index < -0.39 is 0 Å². The maximum atomic E-state index is 6.25. The molecule has 84 valence electrons. The standard InChI is InChI=1S/C12H10Cl2O2/c1-15-10-5-4-8(7-9(10)13)12(14)11-3-2-6-16-11/h2-7,12H,1H3. The van der Waals surface area contributed by atoms with Gasteiger partial charge in [0.2, 0.25) is 0 Å². The molecule has 0 spiro atoms. The zero-order chi connectivity index (χ0) is 11.5. The maximum Gasteiger partial charge on any atom is 0.137 e. The molecule has 2 aromatic rings. The highest BCUT2D eigenvalue weighted by atomic mass is 35.5. The van der Waals surface area contributed by atoms with Gasteiger partial charge in [0.25, 0.3) is 0 Å². The van der Waals surface area contributed by atoms with Gasteiger partial charge in [0, 0.05) is 0 Å². The predicted octanol–water partition coefficient (Wildman–Crippen LogP) is 4.27. The van der Waals surface area contributed by atoms with Crippen molar-refractivity contribution < 1.29 is 9.15 Å². The van der Waals surface area contributed by atoms with Crippen molar-refractivity contribution in [2.75, 3.05) is 7.11 Å². The van der Waals surface area contributed by atoms with E-state index in [1.54, 1.807) is 31.6 Å². The van der Waals surface area contributed by atoms with Gasteiger partial charge in [-0.3, -0.25) is 0 Å². The van der Waals surface area contributed by atoms with E-state index in [2.05, 4.69) is 0 Å². The molecular weight excluding hydrogens is 247 g/mol. The summed E-state index contributed by atoms with van der Waals surface area (Å²) in [6.45, 7) is 0. The first-order valence-electron chi connectivity index (χ1n) is 4.73. The van der Waals surface area contributed by atoms with E-state index in [0.717, 1.165) is 5.56 Å². The second-order valence-electron chi connectivity index (χ2n) is 3.27. The lowest BCUT2D eigenvalue weighted by Crippen LogP contribution is -1.92. The zero-order valence-corrected chi connectivity index (χ0v) is 10.1. The number of ether oxygens (including phenoxy) is 1. The summed E-state index contributed by atoms with van der Waals surface area (Å²) in [6, 6.07) is 9.06. The van der Waals surface area contributed by atoms with Crippen molar-refractivity contribution in [1.29, 1.82) is 0 Å². The van der Waals surface area contributed by atoms with Crippen LogP contribution in [0.4, 0.5) is 0 Å². The highest BCUT2D eigenvalue weighted by molar-refractivity contribution is 6.32. The molecule has 0 amide bonds. The van der Waals surface area contributed by atoms with Crippen molar-refractivity contribution in [3.63, 3.8) is 0 Å². The Morgan fingerprint density at radius 2 is 2.12 bits per heavy atom. The summed E-state index contributed by atoms with van der Waals surface area (Å²) in [4.78, 5) is 0. The Morgan fingerprint density at radius 3 is 2.69 bits per heavy atom. The molecule has 4 heteroatoms. The smallest absolute Gasteiger partial charge is 0.137 e. The van der Waals surface area contributed by atoms with Crippen LogP contribution in [-0.2, 0) is 0 Å². The SMILES string of the molecule is COc1ccc(C(Cl)c2ccco2)cc1Cl. The van der Waals surface area contributed by atoms with Gasteiger partial charge in [-0.25, -0.2) is 0 Å². The minimum atomic E-state index is -0.335. The molecule has 1 unspecified atom stereocenters. The first-order valence-corrected chi connectivity index (χ1v) is 5.54. The van der Waals surface area contributed by atoms with E-state index in [4.69, 9.17) is 32.4 Å². The average Bonchev–Trinajstić information content (AvgIpc) is 2.81. The molecule has 2 rings (SSSR count). The lowest BCUT2D eigenvalue weighted by Gasteiger charge is -2.09. The number of halogens is 2. The Morgan fingerprint density at radius 1 is 1.31 bits per heavy atom. The topological polar surface area (TPSA) is 22.4 Å². The number of methoxy groups -OCH3 is 1. The van der Waals surface area contributed by atoms with Gasteiger partial charge in [0.05, 0.1) is 18.4 Å². The summed E-state index contributed by atoms with van der Waals surface area (Å²) in [6.07, 6.45) is 1.59. The Bertz CT molecular complexity index is 466. The van der Waals surface area contributed by atoms with E-state index in [-0.39, 0.29) is 5.38 Å². The van der Waals surface area contributed by atoms with Crippen molar-refractivity contribution in [3.8, 4) is 5.75 Å². The first kappa shape index (κ1) is 11.4. The average molecular weight is 257 g/mol. The van der Waals surface area contributed by atoms with Gasteiger partial charge in [0.1, 0.15) is 16.9 Å². The minimum absolute atomic E-state index is 0.335. The number of hydrogen-bond acceptors (Lipinski definition) is 2. The van der Waals surface area contributed by atoms with Crippen LogP contribution in [0.25, 0.3) is 0 Å². The second kappa shape index (κ2) is 4.81. The molecule has 0 N–H and O–H groups in total. The molecular formula is C12H10Cl2O2. The summed E-state index contributed by atoms with van der Waals surface area (Å²) in [7, 11) is 1.57. The predicted molar refractivity (Wildman–Crippen MR) is 64.4 cm³/mol. The lowest BCUT2D eigenvalue weighted by molar-refractivity contribution is 0.415. The Hall–Kier alpha value is -1.12. The molecule has 0 fully saturated rings. The van der Waals surface area contributed by atoms with Crippen molar-refractivity contribution in [3.05, 3.63) is 52.9 Å². The van der Waals surface area contributed by atoms with Crippen LogP contribution in [0.1, 0.15) is 16.7 Å². The van der Waals surface area contributed by atoms with E-state index in [0.29, 0.717) is 16.5 Å². The molecule has 0 aliphatic carbocycles. The number of rotatable bonds is 3. The van der Waals surface area contributed by atoms with Crippen molar-refractivity contribution in [2.45, 2.75) is 5.38 Å². The molecule has 0 saturated heterocycles. The molecule has 0 aliphatic rings. The van der Waals surface area contributed by atoms with Crippen molar-refractivity contribution in [1.82, 2.24) is 0 Å². The Kier molecular flexibility index (Phi) is 3.42. The molecule has 16 heavy (non-hydrogen) atoms. The third-order valence-electron chi connectivity index (χ3n) is 2.26. The highest BCUT2D eigenvalue weighted by Gasteiger charge is 2.14. The largest absolute Gasteiger partial charge is 0.495 e. The molecule has 2 nitrogen and oxygen atoms in total. The summed E-state index contributed by atoms with van der Waals surface area (Å²) in [5.74, 6) is 1.33. The number of benzene rings is 1. The summed E-state index contributed by atoms with van der Waals surface area (Å²) in [5, 5.41) is 0.204. The maximum absolute atomic E-state index is 6.25. The van der Waals surface area contributed by atoms with Gasteiger partial charge in [-0.2, -0.15) is 0 Å². The van der Waals surface area contributed by atoms with E-state index in [1.165, 1.54) is 0 Å². The molecule has 0 saturated carbocycles. The van der Waals surface area contributed by atoms with Crippen LogP contribution in [-0.4, -0.2) is 7.11 Å². The van der Waals surface area contributed by atoms with Crippen molar-refractivity contribution in [2.24, 2.45) is 0 Å². The van der Waals surface area contributed by atoms with Crippen LogP contribution in [0.2, 0.25) is 5.02 Å². The number of alkyl halides is 1. The fourth-order valence-electron chi connectivity index (χ4n) is 1.44. The van der Waals surface area contributed by atoms with Crippen LogP contribution in [0.3, 0.4) is 0 Å². The van der Waals surface area contributed by atoms with Crippen LogP contribution >= 0.6 is 23.2 Å². The molecule has 1 aromatic heterocycles. The minimum Gasteiger partial charge on any atom is -0.495 e. The highest BCUT2D eigenvalue weighted by Crippen LogP contribution is 2.33. The van der Waals surface area contributed by atoms with Crippen LogP contribution in [0.5, 0.6) is 5.75 Å². The van der Waals surface area contributed by atoms with Gasteiger partial charge in [-0.15, -0.1) is 11.6 Å². The molecule has 1 atom stereocenters. The first-order chi connectivity index (χ1) is 7.72. The van der Waals surface area contributed by atoms with Gasteiger partial charge in [-0.05, 0) is 29.8 Å². The lowest BCUT2D eigenvalue weighted by atomic mass is 10.1. The van der Waals surface area contributed by atoms with Crippen LogP contribution in [0, 0.1) is 0 Å². The number of furan rings is 1. The normalized spacial score (nSPS) is 12.4. The Balaban J connectivity index is 2.31. The third-order valence-corrected chi connectivity index (χ3v) is 3.02. The summed E-state index contributed by atoms with van der Waals surface area (Å²) < 4.78 is 10.3. The second-order valence-corrected chi connectivity index (χ2v) is 4.12. The van der Waals surface area contributed by atoms with E-state index in [1.807, 2.05) is 12.1 Å². The number of hydrogen-bond donors (Lipinski definition) is 0. The van der Waals surface area contributed by atoms with Crippen molar-refractivity contribution >= 4 is 23.2 Å². The molecule has 0 radical (unpaired) electrons. The Labute approximate surface area is 104 Å². The van der Waals surface area contributed by atoms with Crippen LogP contribution in [0.15, 0.2) is 41.0 Å². The van der Waals surface area contributed by atoms with Crippen LogP contribution < -0.4 is 4.74 Å². The van der Waals surface area contributed by atoms with E-state index in [9.17, 15) is 0 Å². The van der Waals surface area contributed by atoms with E-state index >= 15 is 0 Å². The third kappa shape index (κ3) is 2.18. The molecule has 1 aromatic carbocycles. The molecule has 0 bridgehead atoms. The van der Waals surface area contributed by atoms with Gasteiger partial charge >= 0.3 is 0 Å². The van der Waals surface area contributed by atoms with Gasteiger partial charge in [-0.1, -0.05) is 17.7 Å². The summed E-state index contributed by atoms with van der Waals surface area (Å²) in [5.41, 5.74) is 0.877. The monoisotopic (exact) mass is 256 g/mol. The quantitative estimate of drug-likeness (QED) is 0.766. The molecule has 0 aliphatic heterocycles. The fraction of sp³-hybridized carbons (Fsp3) is 0.167. The van der Waals surface area contributed by atoms with Gasteiger partial charge < -0.3 is 9.15 Å².